The molecule has 1 aliphatic rings. The maximum atomic E-state index is 6.39. The van der Waals surface area contributed by atoms with Gasteiger partial charge in [0, 0.05) is 0 Å². The second-order valence-corrected chi connectivity index (χ2v) is 8.33. The molecule has 0 saturated heterocycles. The van der Waals surface area contributed by atoms with Crippen molar-refractivity contribution in [3.05, 3.63) is 35.9 Å². The first-order valence-electron chi connectivity index (χ1n) is 4.64. The van der Waals surface area contributed by atoms with E-state index in [4.69, 9.17) is 11.6 Å². The molecule has 0 aromatic heterocycles. The van der Waals surface area contributed by atoms with E-state index in [0.717, 1.165) is 19.3 Å². The summed E-state index contributed by atoms with van der Waals surface area (Å²) in [5.74, 6) is 0. The van der Waals surface area contributed by atoms with Gasteiger partial charge in [-0.05, 0) is 24.8 Å². The van der Waals surface area contributed by atoms with E-state index in [1.54, 1.807) is 0 Å². The van der Waals surface area contributed by atoms with Crippen molar-refractivity contribution in [1.82, 2.24) is 0 Å². The van der Waals surface area contributed by atoms with Crippen molar-refractivity contribution in [3.63, 3.8) is 0 Å². The number of hydrogen-bond acceptors (Lipinski definition) is 0. The highest BCUT2D eigenvalue weighted by atomic mass is 79.9. The standard InChI is InChI=1S/C11H11Br2Cl/c12-11(13)8-10(11,14)7-6-9-4-2-1-3-5-9/h1-5H,6-8H2. The number of aryl methyl sites for hydroxylation is 1. The van der Waals surface area contributed by atoms with E-state index < -0.39 is 0 Å². The van der Waals surface area contributed by atoms with Crippen LogP contribution < -0.4 is 0 Å². The van der Waals surface area contributed by atoms with Crippen LogP contribution in [0.5, 0.6) is 0 Å². The van der Waals surface area contributed by atoms with E-state index in [0.29, 0.717) is 0 Å². The Kier molecular flexibility index (Phi) is 2.98. The molecule has 3 heteroatoms. The fourth-order valence-corrected chi connectivity index (χ4v) is 3.54. The minimum atomic E-state index is -0.0944. The lowest BCUT2D eigenvalue weighted by molar-refractivity contribution is 0.759. The van der Waals surface area contributed by atoms with Crippen LogP contribution in [-0.4, -0.2) is 8.11 Å². The minimum Gasteiger partial charge on any atom is -0.117 e. The first-order chi connectivity index (χ1) is 6.54. The summed E-state index contributed by atoms with van der Waals surface area (Å²) in [5.41, 5.74) is 1.36. The smallest absolute Gasteiger partial charge is 0.101 e. The second kappa shape index (κ2) is 3.80. The largest absolute Gasteiger partial charge is 0.117 e. The Hall–Kier alpha value is 0.470. The predicted octanol–water partition coefficient (Wildman–Crippen LogP) is 4.49. The lowest BCUT2D eigenvalue weighted by Gasteiger charge is -2.09. The molecule has 1 atom stereocenters. The van der Waals surface area contributed by atoms with E-state index in [9.17, 15) is 0 Å². The molecule has 1 aliphatic carbocycles. The van der Waals surface area contributed by atoms with Crippen LogP contribution in [0.25, 0.3) is 0 Å². The van der Waals surface area contributed by atoms with E-state index in [1.165, 1.54) is 5.56 Å². The molecule has 0 nitrogen and oxygen atoms in total. The molecule has 14 heavy (non-hydrogen) atoms. The summed E-state index contributed by atoms with van der Waals surface area (Å²) in [6.45, 7) is 0. The fraction of sp³-hybridized carbons (Fsp3) is 0.455. The van der Waals surface area contributed by atoms with Crippen molar-refractivity contribution in [3.8, 4) is 0 Å². The molecule has 0 bridgehead atoms. The highest BCUT2D eigenvalue weighted by Crippen LogP contribution is 2.65. The van der Waals surface area contributed by atoms with Gasteiger partial charge in [-0.2, -0.15) is 0 Å². The summed E-state index contributed by atoms with van der Waals surface area (Å²) in [4.78, 5) is -0.0944. The molecule has 1 aromatic carbocycles. The molecule has 0 aliphatic heterocycles. The Labute approximate surface area is 106 Å². The lowest BCUT2D eigenvalue weighted by Crippen LogP contribution is -2.09. The maximum absolute atomic E-state index is 6.39. The number of rotatable bonds is 3. The van der Waals surface area contributed by atoms with E-state index in [1.807, 2.05) is 6.07 Å². The van der Waals surface area contributed by atoms with Crippen molar-refractivity contribution in [2.45, 2.75) is 27.4 Å². The number of alkyl halides is 3. The first kappa shape index (κ1) is 11.0. The van der Waals surface area contributed by atoms with Crippen molar-refractivity contribution in [2.24, 2.45) is 0 Å². The van der Waals surface area contributed by atoms with Crippen LogP contribution in [0, 0.1) is 0 Å². The van der Waals surface area contributed by atoms with Crippen LogP contribution in [0.2, 0.25) is 0 Å². The second-order valence-electron chi connectivity index (χ2n) is 3.83. The predicted molar refractivity (Wildman–Crippen MR) is 68.5 cm³/mol. The first-order valence-corrected chi connectivity index (χ1v) is 6.61. The minimum absolute atomic E-state index is 0.0245. The van der Waals surface area contributed by atoms with Crippen molar-refractivity contribution in [2.75, 3.05) is 0 Å². The quantitative estimate of drug-likeness (QED) is 0.713. The topological polar surface area (TPSA) is 0 Å². The van der Waals surface area contributed by atoms with Gasteiger partial charge in [-0.1, -0.05) is 62.2 Å². The van der Waals surface area contributed by atoms with Crippen LogP contribution in [-0.2, 0) is 6.42 Å². The molecule has 1 aromatic rings. The Bertz CT molecular complexity index is 323. The average Bonchev–Trinajstić information content (AvgIpc) is 2.65. The van der Waals surface area contributed by atoms with Gasteiger partial charge in [-0.3, -0.25) is 0 Å². The third kappa shape index (κ3) is 2.17. The van der Waals surface area contributed by atoms with Crippen molar-refractivity contribution < 1.29 is 0 Å². The molecular weight excluding hydrogens is 327 g/mol. The zero-order chi connectivity index (χ0) is 10.2. The summed E-state index contributed by atoms with van der Waals surface area (Å²) in [5, 5.41) is 0. The van der Waals surface area contributed by atoms with Gasteiger partial charge in [0.15, 0.2) is 0 Å². The fourth-order valence-electron chi connectivity index (χ4n) is 1.57. The molecule has 0 spiro atoms. The third-order valence-electron chi connectivity index (χ3n) is 2.69. The van der Waals surface area contributed by atoms with Gasteiger partial charge in [0.05, 0.1) is 4.87 Å². The highest BCUT2D eigenvalue weighted by molar-refractivity contribution is 9.25. The van der Waals surface area contributed by atoms with Gasteiger partial charge in [-0.15, -0.1) is 11.6 Å². The Morgan fingerprint density at radius 3 is 2.29 bits per heavy atom. The molecule has 1 unspecified atom stereocenters. The van der Waals surface area contributed by atoms with Crippen LogP contribution >= 0.6 is 43.5 Å². The number of hydrogen-bond donors (Lipinski definition) is 0. The molecule has 0 heterocycles. The van der Waals surface area contributed by atoms with Gasteiger partial charge < -0.3 is 0 Å². The van der Waals surface area contributed by atoms with Crippen LogP contribution in [0.1, 0.15) is 18.4 Å². The number of halogens is 3. The average molecular weight is 338 g/mol. The molecule has 0 radical (unpaired) electrons. The molecule has 0 N–H and O–H groups in total. The summed E-state index contributed by atoms with van der Waals surface area (Å²) in [6.07, 6.45) is 3.05. The van der Waals surface area contributed by atoms with Crippen molar-refractivity contribution >= 4 is 43.5 Å². The zero-order valence-electron chi connectivity index (χ0n) is 7.64. The van der Waals surface area contributed by atoms with Gasteiger partial charge >= 0.3 is 0 Å². The van der Waals surface area contributed by atoms with Gasteiger partial charge in [0.2, 0.25) is 0 Å². The van der Waals surface area contributed by atoms with Crippen LogP contribution in [0.15, 0.2) is 30.3 Å². The van der Waals surface area contributed by atoms with Gasteiger partial charge in [0.1, 0.15) is 3.23 Å². The monoisotopic (exact) mass is 336 g/mol. The lowest BCUT2D eigenvalue weighted by atomic mass is 10.1. The van der Waals surface area contributed by atoms with Gasteiger partial charge in [0.25, 0.3) is 0 Å². The Morgan fingerprint density at radius 2 is 1.79 bits per heavy atom. The Balaban J connectivity index is 1.91. The molecular formula is C11H11Br2Cl. The van der Waals surface area contributed by atoms with Crippen LogP contribution in [0.3, 0.4) is 0 Å². The van der Waals surface area contributed by atoms with Crippen molar-refractivity contribution in [1.29, 1.82) is 0 Å². The molecule has 1 saturated carbocycles. The third-order valence-corrected chi connectivity index (χ3v) is 5.87. The molecule has 1 fully saturated rings. The van der Waals surface area contributed by atoms with E-state index in [-0.39, 0.29) is 8.11 Å². The van der Waals surface area contributed by atoms with E-state index in [2.05, 4.69) is 56.1 Å². The molecule has 0 amide bonds. The summed E-state index contributed by atoms with van der Waals surface area (Å²) >= 11 is 13.5. The zero-order valence-corrected chi connectivity index (χ0v) is 11.6. The summed E-state index contributed by atoms with van der Waals surface area (Å²) < 4.78 is -0.0245. The number of benzene rings is 1. The molecule has 2 rings (SSSR count). The van der Waals surface area contributed by atoms with E-state index >= 15 is 0 Å². The summed E-state index contributed by atoms with van der Waals surface area (Å²) in [7, 11) is 0. The molecule has 76 valence electrons. The normalized spacial score (nSPS) is 28.8. The Morgan fingerprint density at radius 1 is 1.21 bits per heavy atom. The van der Waals surface area contributed by atoms with Crippen LogP contribution in [0.4, 0.5) is 0 Å². The summed E-state index contributed by atoms with van der Waals surface area (Å²) in [6, 6.07) is 10.5. The highest BCUT2D eigenvalue weighted by Gasteiger charge is 2.63. The maximum Gasteiger partial charge on any atom is 0.101 e. The SMILES string of the molecule is ClC1(CCc2ccccc2)CC1(Br)Br. The van der Waals surface area contributed by atoms with Gasteiger partial charge in [-0.25, -0.2) is 0 Å².